The Kier molecular flexibility index (Phi) is 4.23. The molecule has 2 aromatic rings. The van der Waals surface area contributed by atoms with Gasteiger partial charge in [-0.3, -0.25) is 9.78 Å². The third-order valence-electron chi connectivity index (χ3n) is 2.42. The molecule has 0 aliphatic heterocycles. The average Bonchev–Trinajstić information content (AvgIpc) is 2.48. The van der Waals surface area contributed by atoms with E-state index in [0.29, 0.717) is 11.3 Å². The molecule has 0 unspecified atom stereocenters. The second kappa shape index (κ2) is 6.30. The number of hydrogen-bond acceptors (Lipinski definition) is 4. The zero-order chi connectivity index (χ0) is 13.5. The second-order valence-electron chi connectivity index (χ2n) is 3.71. The van der Waals surface area contributed by atoms with Gasteiger partial charge in [0.1, 0.15) is 5.75 Å². The molecule has 1 aromatic heterocycles. The fourth-order valence-corrected chi connectivity index (χ4v) is 1.42. The van der Waals surface area contributed by atoms with E-state index in [-0.39, 0.29) is 5.91 Å². The van der Waals surface area contributed by atoms with E-state index in [1.165, 1.54) is 6.21 Å². The van der Waals surface area contributed by atoms with Crippen LogP contribution < -0.4 is 10.2 Å². The van der Waals surface area contributed by atoms with Gasteiger partial charge in [0.2, 0.25) is 0 Å². The zero-order valence-corrected chi connectivity index (χ0v) is 10.4. The Morgan fingerprint density at radius 2 is 2.11 bits per heavy atom. The minimum absolute atomic E-state index is 0.275. The van der Waals surface area contributed by atoms with Crippen molar-refractivity contribution in [3.8, 4) is 5.75 Å². The molecule has 0 radical (unpaired) electrons. The summed E-state index contributed by atoms with van der Waals surface area (Å²) in [5.41, 5.74) is 3.78. The molecule has 0 bridgehead atoms. The first-order valence-corrected chi connectivity index (χ1v) is 5.67. The van der Waals surface area contributed by atoms with Gasteiger partial charge in [-0.05, 0) is 30.3 Å². The standard InChI is InChI=1S/C14H13N3O2/c1-19-13-6-4-12(5-7-13)14(18)17-16-10-11-3-2-8-15-9-11/h2-10H,1H3,(H,17,18)/b16-10-. The monoisotopic (exact) mass is 255 g/mol. The van der Waals surface area contributed by atoms with E-state index in [4.69, 9.17) is 4.74 Å². The molecule has 1 aromatic carbocycles. The normalized spacial score (nSPS) is 10.4. The molecule has 2 rings (SSSR count). The summed E-state index contributed by atoms with van der Waals surface area (Å²) in [7, 11) is 1.58. The van der Waals surface area contributed by atoms with Crippen molar-refractivity contribution in [3.63, 3.8) is 0 Å². The number of pyridine rings is 1. The van der Waals surface area contributed by atoms with Crippen LogP contribution in [0.5, 0.6) is 5.75 Å². The molecule has 0 atom stereocenters. The van der Waals surface area contributed by atoms with Crippen LogP contribution >= 0.6 is 0 Å². The second-order valence-corrected chi connectivity index (χ2v) is 3.71. The Hall–Kier alpha value is -2.69. The van der Waals surface area contributed by atoms with Crippen LogP contribution in [0.2, 0.25) is 0 Å². The number of amides is 1. The molecule has 19 heavy (non-hydrogen) atoms. The molecular formula is C14H13N3O2. The van der Waals surface area contributed by atoms with Crippen LogP contribution in [0.3, 0.4) is 0 Å². The van der Waals surface area contributed by atoms with Crippen LogP contribution in [-0.2, 0) is 0 Å². The number of methoxy groups -OCH3 is 1. The SMILES string of the molecule is COc1ccc(C(=O)N/N=C\c2cccnc2)cc1. The van der Waals surface area contributed by atoms with E-state index in [0.717, 1.165) is 5.56 Å². The molecule has 5 heteroatoms. The summed E-state index contributed by atoms with van der Waals surface area (Å²) >= 11 is 0. The highest BCUT2D eigenvalue weighted by molar-refractivity contribution is 5.94. The van der Waals surface area contributed by atoms with Crippen LogP contribution in [-0.4, -0.2) is 24.2 Å². The number of carbonyl (C=O) groups is 1. The maximum Gasteiger partial charge on any atom is 0.271 e. The number of nitrogens with zero attached hydrogens (tertiary/aromatic N) is 2. The van der Waals surface area contributed by atoms with Crippen LogP contribution in [0.1, 0.15) is 15.9 Å². The lowest BCUT2D eigenvalue weighted by atomic mass is 10.2. The summed E-state index contributed by atoms with van der Waals surface area (Å²) in [5.74, 6) is 0.429. The predicted octanol–water partition coefficient (Wildman–Crippen LogP) is 1.85. The summed E-state index contributed by atoms with van der Waals surface area (Å²) in [6, 6.07) is 10.4. The average molecular weight is 255 g/mol. The van der Waals surface area contributed by atoms with Gasteiger partial charge >= 0.3 is 0 Å². The molecular weight excluding hydrogens is 242 g/mol. The van der Waals surface area contributed by atoms with Crippen LogP contribution in [0.15, 0.2) is 53.9 Å². The van der Waals surface area contributed by atoms with E-state index >= 15 is 0 Å². The van der Waals surface area contributed by atoms with Crippen molar-refractivity contribution in [2.45, 2.75) is 0 Å². The van der Waals surface area contributed by atoms with Crippen LogP contribution in [0.4, 0.5) is 0 Å². The molecule has 0 saturated heterocycles. The topological polar surface area (TPSA) is 63.6 Å². The zero-order valence-electron chi connectivity index (χ0n) is 10.4. The number of carbonyl (C=O) groups excluding carboxylic acids is 1. The maximum atomic E-state index is 11.8. The summed E-state index contributed by atoms with van der Waals surface area (Å²) in [6.45, 7) is 0. The van der Waals surface area contributed by atoms with E-state index < -0.39 is 0 Å². The Bertz CT molecular complexity index is 565. The summed E-state index contributed by atoms with van der Waals surface area (Å²) in [4.78, 5) is 15.7. The first-order chi connectivity index (χ1) is 9.29. The molecule has 0 aliphatic rings. The maximum absolute atomic E-state index is 11.8. The molecule has 0 spiro atoms. The molecule has 1 amide bonds. The number of rotatable bonds is 4. The molecule has 0 fully saturated rings. The Morgan fingerprint density at radius 1 is 1.32 bits per heavy atom. The fourth-order valence-electron chi connectivity index (χ4n) is 1.42. The van der Waals surface area contributed by atoms with Crippen molar-refractivity contribution in [2.24, 2.45) is 5.10 Å². The number of nitrogens with one attached hydrogen (secondary N) is 1. The lowest BCUT2D eigenvalue weighted by Gasteiger charge is -2.01. The van der Waals surface area contributed by atoms with Gasteiger partial charge in [0, 0.05) is 23.5 Å². The van der Waals surface area contributed by atoms with E-state index in [2.05, 4.69) is 15.5 Å². The third kappa shape index (κ3) is 3.64. The molecule has 0 saturated carbocycles. The number of aromatic nitrogens is 1. The summed E-state index contributed by atoms with van der Waals surface area (Å²) in [5, 5.41) is 3.86. The highest BCUT2D eigenvalue weighted by Crippen LogP contribution is 2.10. The fraction of sp³-hybridized carbons (Fsp3) is 0.0714. The lowest BCUT2D eigenvalue weighted by molar-refractivity contribution is 0.0955. The van der Waals surface area contributed by atoms with Gasteiger partial charge in [0.15, 0.2) is 0 Å². The van der Waals surface area contributed by atoms with E-state index in [1.807, 2.05) is 6.07 Å². The van der Waals surface area contributed by atoms with Gasteiger partial charge < -0.3 is 4.74 Å². The van der Waals surface area contributed by atoms with Crippen molar-refractivity contribution in [2.75, 3.05) is 7.11 Å². The molecule has 0 aliphatic carbocycles. The first kappa shape index (κ1) is 12.8. The number of hydrazone groups is 1. The number of benzene rings is 1. The summed E-state index contributed by atoms with van der Waals surface area (Å²) in [6.07, 6.45) is 4.87. The Balaban J connectivity index is 1.95. The smallest absolute Gasteiger partial charge is 0.271 e. The molecule has 1 heterocycles. The number of hydrogen-bond donors (Lipinski definition) is 1. The minimum Gasteiger partial charge on any atom is -0.497 e. The first-order valence-electron chi connectivity index (χ1n) is 5.67. The highest BCUT2D eigenvalue weighted by Gasteiger charge is 2.03. The number of ether oxygens (including phenoxy) is 1. The Morgan fingerprint density at radius 3 is 2.74 bits per heavy atom. The van der Waals surface area contributed by atoms with Crippen molar-refractivity contribution in [1.29, 1.82) is 0 Å². The minimum atomic E-state index is -0.275. The lowest BCUT2D eigenvalue weighted by Crippen LogP contribution is -2.17. The van der Waals surface area contributed by atoms with Gasteiger partial charge in [-0.1, -0.05) is 6.07 Å². The third-order valence-corrected chi connectivity index (χ3v) is 2.42. The van der Waals surface area contributed by atoms with Crippen molar-refractivity contribution in [3.05, 3.63) is 59.9 Å². The van der Waals surface area contributed by atoms with Crippen molar-refractivity contribution < 1.29 is 9.53 Å². The Labute approximate surface area is 110 Å². The van der Waals surface area contributed by atoms with Gasteiger partial charge in [-0.25, -0.2) is 5.43 Å². The van der Waals surface area contributed by atoms with E-state index in [9.17, 15) is 4.79 Å². The van der Waals surface area contributed by atoms with Gasteiger partial charge in [-0.2, -0.15) is 5.10 Å². The van der Waals surface area contributed by atoms with Gasteiger partial charge in [-0.15, -0.1) is 0 Å². The molecule has 1 N–H and O–H groups in total. The van der Waals surface area contributed by atoms with Gasteiger partial charge in [0.05, 0.1) is 13.3 Å². The van der Waals surface area contributed by atoms with Crippen LogP contribution in [0, 0.1) is 0 Å². The highest BCUT2D eigenvalue weighted by atomic mass is 16.5. The summed E-state index contributed by atoms with van der Waals surface area (Å²) < 4.78 is 5.02. The quantitative estimate of drug-likeness (QED) is 0.670. The van der Waals surface area contributed by atoms with E-state index in [1.54, 1.807) is 49.8 Å². The molecule has 96 valence electrons. The predicted molar refractivity (Wildman–Crippen MR) is 72.3 cm³/mol. The van der Waals surface area contributed by atoms with Crippen LogP contribution in [0.25, 0.3) is 0 Å². The van der Waals surface area contributed by atoms with Gasteiger partial charge in [0.25, 0.3) is 5.91 Å². The largest absolute Gasteiger partial charge is 0.497 e. The van der Waals surface area contributed by atoms with Crippen molar-refractivity contribution in [1.82, 2.24) is 10.4 Å². The van der Waals surface area contributed by atoms with Crippen molar-refractivity contribution >= 4 is 12.1 Å². The molecule has 5 nitrogen and oxygen atoms in total.